The molecule has 0 aromatic heterocycles. The molecule has 1 atom stereocenters. The zero-order valence-corrected chi connectivity index (χ0v) is 22.7. The van der Waals surface area contributed by atoms with Gasteiger partial charge in [-0.2, -0.15) is 5.26 Å². The number of hydrogen-bond donors (Lipinski definition) is 3. The predicted octanol–water partition coefficient (Wildman–Crippen LogP) is 4.51. The molecule has 2 aliphatic heterocycles. The van der Waals surface area contributed by atoms with E-state index in [1.54, 1.807) is 18.2 Å². The van der Waals surface area contributed by atoms with Crippen molar-refractivity contribution in [1.82, 2.24) is 20.9 Å². The summed E-state index contributed by atoms with van der Waals surface area (Å²) in [6.07, 6.45) is 2.80. The number of likely N-dealkylation sites (tertiary alicyclic amines) is 1. The van der Waals surface area contributed by atoms with E-state index in [0.29, 0.717) is 39.3 Å². The van der Waals surface area contributed by atoms with Crippen molar-refractivity contribution in [3.63, 3.8) is 0 Å². The number of ether oxygens (including phenoxy) is 1. The van der Waals surface area contributed by atoms with Gasteiger partial charge in [-0.3, -0.25) is 4.79 Å². The van der Waals surface area contributed by atoms with E-state index in [9.17, 15) is 14.9 Å². The van der Waals surface area contributed by atoms with Crippen LogP contribution in [0.1, 0.15) is 47.9 Å². The van der Waals surface area contributed by atoms with Gasteiger partial charge in [0.25, 0.3) is 5.91 Å². The summed E-state index contributed by atoms with van der Waals surface area (Å²) in [5.41, 5.74) is 3.34. The molecule has 0 bridgehead atoms. The van der Waals surface area contributed by atoms with Gasteiger partial charge in [0.05, 0.1) is 45.6 Å². The van der Waals surface area contributed by atoms with E-state index in [1.807, 2.05) is 18.2 Å². The maximum Gasteiger partial charge on any atom is 0.319 e. The van der Waals surface area contributed by atoms with Crippen LogP contribution in [-0.4, -0.2) is 56.7 Å². The number of hydrogen-bond acceptors (Lipinski definition) is 5. The Labute approximate surface area is 232 Å². The molecule has 4 rings (SSSR count). The van der Waals surface area contributed by atoms with Gasteiger partial charge in [0.1, 0.15) is 0 Å². The summed E-state index contributed by atoms with van der Waals surface area (Å²) in [4.78, 5) is 28.0. The molecule has 0 aliphatic carbocycles. The number of nitrogens with zero attached hydrogens (tertiary/aromatic N) is 2. The van der Waals surface area contributed by atoms with Gasteiger partial charge in [0, 0.05) is 13.7 Å². The Balaban J connectivity index is 1.34. The number of nitriles is 1. The molecule has 0 saturated carbocycles. The minimum atomic E-state index is -0.695. The average Bonchev–Trinajstić information content (AvgIpc) is 2.92. The summed E-state index contributed by atoms with van der Waals surface area (Å²) in [5, 5.41) is 18.6. The summed E-state index contributed by atoms with van der Waals surface area (Å²) in [6, 6.07) is 14.1. The molecular formula is C28H31Cl2N5O3. The maximum atomic E-state index is 13.3. The number of urea groups is 1. The molecule has 1 saturated heterocycles. The summed E-state index contributed by atoms with van der Waals surface area (Å²) in [7, 11) is 1.51. The average molecular weight is 556 g/mol. The highest BCUT2D eigenvalue weighted by molar-refractivity contribution is 6.42. The first kappa shape index (κ1) is 27.9. The number of piperidine rings is 1. The standard InChI is InChI=1S/C28H31Cl2N5O3/c1-38-17-24-25(26(34-28(37)33-24)19-7-8-22(29)23(30)15-19)27(36)32-11-4-12-35-13-9-18(10-14-35)21-6-3-2-5-20(21)16-31/h2-3,5-8,15,18,26H,4,9-14,17H2,1H3,(H,32,36)(H2,33,34,37)/t26-/m1/s1. The van der Waals surface area contributed by atoms with Crippen LogP contribution in [0.3, 0.4) is 0 Å². The van der Waals surface area contributed by atoms with E-state index >= 15 is 0 Å². The van der Waals surface area contributed by atoms with E-state index in [1.165, 1.54) is 7.11 Å². The van der Waals surface area contributed by atoms with Gasteiger partial charge in [-0.1, -0.05) is 47.5 Å². The molecule has 10 heteroatoms. The minimum Gasteiger partial charge on any atom is -0.378 e. The quantitative estimate of drug-likeness (QED) is 0.395. The summed E-state index contributed by atoms with van der Waals surface area (Å²) >= 11 is 12.3. The molecule has 3 N–H and O–H groups in total. The minimum absolute atomic E-state index is 0.0812. The van der Waals surface area contributed by atoms with Crippen molar-refractivity contribution in [2.24, 2.45) is 0 Å². The molecule has 0 unspecified atom stereocenters. The van der Waals surface area contributed by atoms with Crippen molar-refractivity contribution >= 4 is 35.1 Å². The van der Waals surface area contributed by atoms with Crippen LogP contribution in [0.5, 0.6) is 0 Å². The first-order chi connectivity index (χ1) is 18.4. The Bertz CT molecular complexity index is 1250. The van der Waals surface area contributed by atoms with E-state index in [4.69, 9.17) is 27.9 Å². The van der Waals surface area contributed by atoms with Crippen molar-refractivity contribution in [2.75, 3.05) is 39.9 Å². The normalized spacial score (nSPS) is 18.5. The van der Waals surface area contributed by atoms with E-state index in [2.05, 4.69) is 33.0 Å². The lowest BCUT2D eigenvalue weighted by Gasteiger charge is -2.32. The van der Waals surface area contributed by atoms with Gasteiger partial charge >= 0.3 is 6.03 Å². The van der Waals surface area contributed by atoms with Crippen LogP contribution in [0.2, 0.25) is 10.0 Å². The summed E-state index contributed by atoms with van der Waals surface area (Å²) in [6.45, 7) is 3.34. The van der Waals surface area contributed by atoms with Crippen LogP contribution in [0.4, 0.5) is 4.79 Å². The van der Waals surface area contributed by atoms with E-state index in [-0.39, 0.29) is 12.5 Å². The fourth-order valence-electron chi connectivity index (χ4n) is 5.11. The van der Waals surface area contributed by atoms with Crippen LogP contribution in [-0.2, 0) is 9.53 Å². The van der Waals surface area contributed by atoms with Crippen molar-refractivity contribution in [2.45, 2.75) is 31.2 Å². The SMILES string of the molecule is COCC1=C(C(=O)NCCCN2CCC(c3ccccc3C#N)CC2)[C@@H](c2ccc(Cl)c(Cl)c2)NC(=O)N1. The van der Waals surface area contributed by atoms with Gasteiger partial charge < -0.3 is 25.6 Å². The first-order valence-corrected chi connectivity index (χ1v) is 13.4. The zero-order valence-electron chi connectivity index (χ0n) is 21.2. The molecule has 200 valence electrons. The van der Waals surface area contributed by atoms with Gasteiger partial charge in [0.2, 0.25) is 0 Å². The lowest BCUT2D eigenvalue weighted by molar-refractivity contribution is -0.118. The molecule has 2 aromatic rings. The van der Waals surface area contributed by atoms with Gasteiger partial charge in [-0.15, -0.1) is 0 Å². The Morgan fingerprint density at radius 3 is 2.66 bits per heavy atom. The predicted molar refractivity (Wildman–Crippen MR) is 147 cm³/mol. The molecule has 2 heterocycles. The Morgan fingerprint density at radius 2 is 1.95 bits per heavy atom. The van der Waals surface area contributed by atoms with Crippen LogP contribution in [0, 0.1) is 11.3 Å². The van der Waals surface area contributed by atoms with E-state index in [0.717, 1.165) is 50.0 Å². The second-order valence-corrected chi connectivity index (χ2v) is 10.3. The Hall–Kier alpha value is -3.09. The number of nitrogens with one attached hydrogen (secondary N) is 3. The molecule has 3 amide bonds. The topological polar surface area (TPSA) is 106 Å². The van der Waals surface area contributed by atoms with Crippen molar-refractivity contribution in [1.29, 1.82) is 5.26 Å². The summed E-state index contributed by atoms with van der Waals surface area (Å²) < 4.78 is 5.25. The number of benzene rings is 2. The molecule has 8 nitrogen and oxygen atoms in total. The smallest absolute Gasteiger partial charge is 0.319 e. The number of amides is 3. The molecule has 38 heavy (non-hydrogen) atoms. The van der Waals surface area contributed by atoms with Crippen LogP contribution in [0.25, 0.3) is 0 Å². The van der Waals surface area contributed by atoms with Gasteiger partial charge in [0.15, 0.2) is 0 Å². The van der Waals surface area contributed by atoms with Crippen LogP contribution >= 0.6 is 23.2 Å². The fourth-order valence-corrected chi connectivity index (χ4v) is 5.41. The highest BCUT2D eigenvalue weighted by Gasteiger charge is 2.33. The number of carbonyl (C=O) groups is 2. The monoisotopic (exact) mass is 555 g/mol. The van der Waals surface area contributed by atoms with Crippen molar-refractivity contribution in [3.8, 4) is 6.07 Å². The number of methoxy groups -OCH3 is 1. The molecular weight excluding hydrogens is 525 g/mol. The number of halogens is 2. The Kier molecular flexibility index (Phi) is 9.64. The van der Waals surface area contributed by atoms with Gasteiger partial charge in [-0.05, 0) is 74.1 Å². The number of carbonyl (C=O) groups excluding carboxylic acids is 2. The second kappa shape index (κ2) is 13.1. The third-order valence-electron chi connectivity index (χ3n) is 7.01. The molecule has 0 radical (unpaired) electrons. The second-order valence-electron chi connectivity index (χ2n) is 9.45. The molecule has 1 fully saturated rings. The lowest BCUT2D eigenvalue weighted by atomic mass is 9.87. The Morgan fingerprint density at radius 1 is 1.18 bits per heavy atom. The third-order valence-corrected chi connectivity index (χ3v) is 7.75. The first-order valence-electron chi connectivity index (χ1n) is 12.6. The highest BCUT2D eigenvalue weighted by Crippen LogP contribution is 2.32. The third kappa shape index (κ3) is 6.66. The fraction of sp³-hybridized carbons (Fsp3) is 0.393. The van der Waals surface area contributed by atoms with Crippen molar-refractivity contribution < 1.29 is 14.3 Å². The van der Waals surface area contributed by atoms with Crippen molar-refractivity contribution in [3.05, 3.63) is 80.5 Å². The zero-order chi connectivity index (χ0) is 27.1. The molecule has 2 aromatic carbocycles. The summed E-state index contributed by atoms with van der Waals surface area (Å²) in [5.74, 6) is 0.118. The highest BCUT2D eigenvalue weighted by atomic mass is 35.5. The van der Waals surface area contributed by atoms with Gasteiger partial charge in [-0.25, -0.2) is 4.79 Å². The largest absolute Gasteiger partial charge is 0.378 e. The maximum absolute atomic E-state index is 13.3. The van der Waals surface area contributed by atoms with E-state index < -0.39 is 12.1 Å². The molecule has 2 aliphatic rings. The van der Waals surface area contributed by atoms with Crippen LogP contribution < -0.4 is 16.0 Å². The number of rotatable bonds is 9. The van der Waals surface area contributed by atoms with Crippen LogP contribution in [0.15, 0.2) is 53.7 Å². The lowest BCUT2D eigenvalue weighted by Crippen LogP contribution is -2.48. The molecule has 0 spiro atoms.